The van der Waals surface area contributed by atoms with Crippen LogP contribution in [-0.4, -0.2) is 16.3 Å². The van der Waals surface area contributed by atoms with Crippen LogP contribution in [0.4, 0.5) is 0 Å². The zero-order valence-electron chi connectivity index (χ0n) is 11.6. The molecule has 1 N–H and O–H groups in total. The first-order valence-electron chi connectivity index (χ1n) is 7.53. The molecule has 100 valence electrons. The third-order valence-corrected chi connectivity index (χ3v) is 4.59. The maximum atomic E-state index is 4.35. The quantitative estimate of drug-likeness (QED) is 0.802. The van der Waals surface area contributed by atoms with Crippen LogP contribution >= 0.6 is 0 Å². The van der Waals surface area contributed by atoms with Crippen molar-refractivity contribution in [3.63, 3.8) is 0 Å². The Morgan fingerprint density at radius 1 is 1.33 bits per heavy atom. The van der Waals surface area contributed by atoms with Gasteiger partial charge in [-0.3, -0.25) is 4.68 Å². The second-order valence-electron chi connectivity index (χ2n) is 6.10. The normalized spacial score (nSPS) is 21.5. The van der Waals surface area contributed by atoms with Gasteiger partial charge in [0, 0.05) is 24.3 Å². The number of aryl methyl sites for hydroxylation is 1. The second-order valence-corrected chi connectivity index (χ2v) is 6.10. The van der Waals surface area contributed by atoms with Gasteiger partial charge in [0.05, 0.1) is 6.20 Å². The maximum Gasteiger partial charge on any atom is 0.0537 e. The molecule has 1 unspecified atom stereocenters. The fraction of sp³-hybridized carbons (Fsp3) is 0.800. The SMILES string of the molecule is CCn1cc(C(C)NCC(C2CC2)C2CC2)cn1. The van der Waals surface area contributed by atoms with E-state index in [1.54, 1.807) is 0 Å². The van der Waals surface area contributed by atoms with Gasteiger partial charge in [-0.25, -0.2) is 0 Å². The smallest absolute Gasteiger partial charge is 0.0537 e. The Morgan fingerprint density at radius 3 is 2.50 bits per heavy atom. The molecule has 0 aliphatic heterocycles. The van der Waals surface area contributed by atoms with E-state index in [2.05, 4.69) is 30.5 Å². The molecule has 2 aliphatic carbocycles. The summed E-state index contributed by atoms with van der Waals surface area (Å²) in [6.07, 6.45) is 10.1. The van der Waals surface area contributed by atoms with Crippen LogP contribution < -0.4 is 5.32 Å². The standard InChI is InChI=1S/C15H25N3/c1-3-18-10-14(8-17-18)11(2)16-9-15(12-4-5-12)13-6-7-13/h8,10-13,15-16H,3-7,9H2,1-2H3. The van der Waals surface area contributed by atoms with Crippen molar-refractivity contribution in [2.24, 2.45) is 17.8 Å². The van der Waals surface area contributed by atoms with Crippen LogP contribution in [0.1, 0.15) is 51.1 Å². The zero-order valence-corrected chi connectivity index (χ0v) is 11.6. The summed E-state index contributed by atoms with van der Waals surface area (Å²) in [7, 11) is 0. The van der Waals surface area contributed by atoms with E-state index in [0.717, 1.165) is 24.3 Å². The van der Waals surface area contributed by atoms with Crippen LogP contribution in [-0.2, 0) is 6.54 Å². The Bertz CT molecular complexity index is 378. The van der Waals surface area contributed by atoms with Gasteiger partial charge < -0.3 is 5.32 Å². The topological polar surface area (TPSA) is 29.9 Å². The predicted octanol–water partition coefficient (Wildman–Crippen LogP) is 2.99. The minimum absolute atomic E-state index is 0.435. The van der Waals surface area contributed by atoms with E-state index in [1.165, 1.54) is 37.8 Å². The molecule has 2 saturated carbocycles. The molecule has 3 nitrogen and oxygen atoms in total. The van der Waals surface area contributed by atoms with Gasteiger partial charge in [-0.05, 0) is 63.8 Å². The van der Waals surface area contributed by atoms with Gasteiger partial charge in [-0.15, -0.1) is 0 Å². The summed E-state index contributed by atoms with van der Waals surface area (Å²) in [4.78, 5) is 0. The lowest BCUT2D eigenvalue weighted by atomic mass is 9.97. The average molecular weight is 247 g/mol. The number of nitrogens with one attached hydrogen (secondary N) is 1. The van der Waals surface area contributed by atoms with E-state index in [-0.39, 0.29) is 0 Å². The van der Waals surface area contributed by atoms with E-state index in [4.69, 9.17) is 0 Å². The van der Waals surface area contributed by atoms with Gasteiger partial charge in [-0.1, -0.05) is 0 Å². The molecule has 0 bridgehead atoms. The molecule has 1 aromatic heterocycles. The Kier molecular flexibility index (Phi) is 3.42. The monoisotopic (exact) mass is 247 g/mol. The van der Waals surface area contributed by atoms with Crippen molar-refractivity contribution in [2.45, 2.75) is 52.1 Å². The third-order valence-electron chi connectivity index (χ3n) is 4.59. The minimum atomic E-state index is 0.435. The summed E-state index contributed by atoms with van der Waals surface area (Å²) >= 11 is 0. The average Bonchev–Trinajstić information content (AvgIpc) is 3.30. The van der Waals surface area contributed by atoms with Crippen molar-refractivity contribution in [1.29, 1.82) is 0 Å². The van der Waals surface area contributed by atoms with Crippen LogP contribution in [0, 0.1) is 17.8 Å². The van der Waals surface area contributed by atoms with Crippen molar-refractivity contribution in [2.75, 3.05) is 6.54 Å². The van der Waals surface area contributed by atoms with Crippen molar-refractivity contribution < 1.29 is 0 Å². The van der Waals surface area contributed by atoms with E-state index < -0.39 is 0 Å². The van der Waals surface area contributed by atoms with Crippen molar-refractivity contribution in [1.82, 2.24) is 15.1 Å². The van der Waals surface area contributed by atoms with Crippen molar-refractivity contribution in [3.8, 4) is 0 Å². The second kappa shape index (κ2) is 5.04. The molecule has 3 heteroatoms. The molecule has 2 aliphatic rings. The molecule has 1 heterocycles. The van der Waals surface area contributed by atoms with Crippen molar-refractivity contribution >= 4 is 0 Å². The first kappa shape index (κ1) is 12.2. The van der Waals surface area contributed by atoms with Gasteiger partial charge in [0.15, 0.2) is 0 Å². The summed E-state index contributed by atoms with van der Waals surface area (Å²) in [5.41, 5.74) is 1.32. The molecule has 1 atom stereocenters. The van der Waals surface area contributed by atoms with Crippen LogP contribution in [0.3, 0.4) is 0 Å². The predicted molar refractivity (Wildman–Crippen MR) is 73.3 cm³/mol. The van der Waals surface area contributed by atoms with Crippen molar-refractivity contribution in [3.05, 3.63) is 18.0 Å². The summed E-state index contributed by atoms with van der Waals surface area (Å²) in [5.74, 6) is 3.03. The molecule has 18 heavy (non-hydrogen) atoms. The van der Waals surface area contributed by atoms with Crippen LogP contribution in [0.15, 0.2) is 12.4 Å². The minimum Gasteiger partial charge on any atom is -0.310 e. The molecule has 0 spiro atoms. The number of aromatic nitrogens is 2. The molecular weight excluding hydrogens is 222 g/mol. The summed E-state index contributed by atoms with van der Waals surface area (Å²) in [6.45, 7) is 6.55. The van der Waals surface area contributed by atoms with Crippen LogP contribution in [0.25, 0.3) is 0 Å². The first-order chi connectivity index (χ1) is 8.78. The Hall–Kier alpha value is -0.830. The lowest BCUT2D eigenvalue weighted by molar-refractivity contribution is 0.362. The van der Waals surface area contributed by atoms with Crippen LogP contribution in [0.5, 0.6) is 0 Å². The molecule has 1 aromatic rings. The molecule has 2 fully saturated rings. The lowest BCUT2D eigenvalue weighted by Gasteiger charge is -2.19. The van der Waals surface area contributed by atoms with E-state index in [9.17, 15) is 0 Å². The zero-order chi connectivity index (χ0) is 12.5. The Labute approximate surface area is 110 Å². The van der Waals surface area contributed by atoms with E-state index >= 15 is 0 Å². The molecule has 0 radical (unpaired) electrons. The first-order valence-corrected chi connectivity index (χ1v) is 7.53. The van der Waals surface area contributed by atoms with Gasteiger partial charge >= 0.3 is 0 Å². The highest BCUT2D eigenvalue weighted by Crippen LogP contribution is 2.48. The number of rotatable bonds is 7. The summed E-state index contributed by atoms with van der Waals surface area (Å²) in [5, 5.41) is 8.08. The molecule has 0 aromatic carbocycles. The Balaban J connectivity index is 1.52. The summed E-state index contributed by atoms with van der Waals surface area (Å²) < 4.78 is 2.01. The number of hydrogen-bond donors (Lipinski definition) is 1. The van der Waals surface area contributed by atoms with Gasteiger partial charge in [-0.2, -0.15) is 5.10 Å². The fourth-order valence-electron chi connectivity index (χ4n) is 2.97. The highest BCUT2D eigenvalue weighted by atomic mass is 15.3. The lowest BCUT2D eigenvalue weighted by Crippen LogP contribution is -2.27. The molecule has 0 amide bonds. The van der Waals surface area contributed by atoms with Gasteiger partial charge in [0.25, 0.3) is 0 Å². The fourth-order valence-corrected chi connectivity index (χ4v) is 2.97. The van der Waals surface area contributed by atoms with Crippen LogP contribution in [0.2, 0.25) is 0 Å². The maximum absolute atomic E-state index is 4.35. The number of nitrogens with zero attached hydrogens (tertiary/aromatic N) is 2. The third kappa shape index (κ3) is 2.77. The molecular formula is C15H25N3. The number of hydrogen-bond acceptors (Lipinski definition) is 2. The molecule has 3 rings (SSSR count). The van der Waals surface area contributed by atoms with Gasteiger partial charge in [0.2, 0.25) is 0 Å². The summed E-state index contributed by atoms with van der Waals surface area (Å²) in [6, 6.07) is 0.435. The van der Waals surface area contributed by atoms with E-state index in [1.807, 2.05) is 10.9 Å². The van der Waals surface area contributed by atoms with Gasteiger partial charge in [0.1, 0.15) is 0 Å². The highest BCUT2D eigenvalue weighted by molar-refractivity contribution is 5.09. The van der Waals surface area contributed by atoms with E-state index in [0.29, 0.717) is 6.04 Å². The highest BCUT2D eigenvalue weighted by Gasteiger charge is 2.41. The Morgan fingerprint density at radius 2 is 2.00 bits per heavy atom. The largest absolute Gasteiger partial charge is 0.310 e. The molecule has 0 saturated heterocycles.